The molecule has 0 spiro atoms. The number of carbonyl (C=O) groups is 1. The predicted octanol–water partition coefficient (Wildman–Crippen LogP) is 1.25. The third-order valence-electron chi connectivity index (χ3n) is 3.66. The summed E-state index contributed by atoms with van der Waals surface area (Å²) in [5.74, 6) is 0.192. The molecule has 6 heteroatoms. The second-order valence-corrected chi connectivity index (χ2v) is 5.73. The van der Waals surface area contributed by atoms with Crippen molar-refractivity contribution < 1.29 is 4.79 Å². The number of aromatic nitrogens is 2. The predicted molar refractivity (Wildman–Crippen MR) is 86.3 cm³/mol. The van der Waals surface area contributed by atoms with Gasteiger partial charge in [0.2, 0.25) is 5.91 Å². The zero-order valence-corrected chi connectivity index (χ0v) is 13.2. The highest BCUT2D eigenvalue weighted by Crippen LogP contribution is 2.11. The molecule has 0 saturated carbocycles. The minimum absolute atomic E-state index is 0.00160. The maximum Gasteiger partial charge on any atom is 0.258 e. The van der Waals surface area contributed by atoms with Crippen LogP contribution >= 0.6 is 0 Å². The van der Waals surface area contributed by atoms with E-state index in [1.807, 2.05) is 19.9 Å². The highest BCUT2D eigenvalue weighted by atomic mass is 16.2. The van der Waals surface area contributed by atoms with Crippen LogP contribution in [0.5, 0.6) is 0 Å². The standard InChI is InChI=1S/C16H22N4O2/c1-10(2)20(16(22)11(3)8-17)9-14-18-13-7-5-4-6-12(13)15(21)19-14/h4-7,10-11H,8-9,17H2,1-3H3,(H,18,19,21). The van der Waals surface area contributed by atoms with E-state index >= 15 is 0 Å². The van der Waals surface area contributed by atoms with Gasteiger partial charge >= 0.3 is 0 Å². The summed E-state index contributed by atoms with van der Waals surface area (Å²) in [4.78, 5) is 33.4. The maximum absolute atomic E-state index is 12.4. The van der Waals surface area contributed by atoms with Crippen molar-refractivity contribution in [2.75, 3.05) is 6.54 Å². The summed E-state index contributed by atoms with van der Waals surface area (Å²) in [5, 5.41) is 0.545. The van der Waals surface area contributed by atoms with E-state index in [1.54, 1.807) is 30.0 Å². The molecular weight excluding hydrogens is 280 g/mol. The van der Waals surface area contributed by atoms with Crippen molar-refractivity contribution in [3.05, 3.63) is 40.4 Å². The first-order chi connectivity index (χ1) is 10.4. The lowest BCUT2D eigenvalue weighted by atomic mass is 10.1. The molecular formula is C16H22N4O2. The third-order valence-corrected chi connectivity index (χ3v) is 3.66. The SMILES string of the molecule is CC(CN)C(=O)N(Cc1nc2ccccc2c(=O)[nH]1)C(C)C. The molecule has 1 amide bonds. The van der Waals surface area contributed by atoms with Gasteiger partial charge in [-0.25, -0.2) is 4.98 Å². The number of benzene rings is 1. The quantitative estimate of drug-likeness (QED) is 0.869. The molecule has 1 aromatic carbocycles. The Morgan fingerprint density at radius 1 is 1.32 bits per heavy atom. The van der Waals surface area contributed by atoms with Gasteiger partial charge in [-0.15, -0.1) is 0 Å². The van der Waals surface area contributed by atoms with Gasteiger partial charge in [0.25, 0.3) is 5.56 Å². The van der Waals surface area contributed by atoms with Gasteiger partial charge < -0.3 is 15.6 Å². The lowest BCUT2D eigenvalue weighted by Crippen LogP contribution is -2.42. The Bertz CT molecular complexity index is 723. The van der Waals surface area contributed by atoms with Crippen molar-refractivity contribution in [2.24, 2.45) is 11.7 Å². The topological polar surface area (TPSA) is 92.1 Å². The van der Waals surface area contributed by atoms with Crippen LogP contribution in [0, 0.1) is 5.92 Å². The first-order valence-electron chi connectivity index (χ1n) is 7.42. The van der Waals surface area contributed by atoms with Crippen molar-refractivity contribution in [2.45, 2.75) is 33.4 Å². The molecule has 118 valence electrons. The Kier molecular flexibility index (Phi) is 4.92. The van der Waals surface area contributed by atoms with Gasteiger partial charge in [0.1, 0.15) is 5.82 Å². The van der Waals surface area contributed by atoms with Crippen LogP contribution < -0.4 is 11.3 Å². The van der Waals surface area contributed by atoms with Crippen LogP contribution in [-0.2, 0) is 11.3 Å². The Morgan fingerprint density at radius 3 is 2.64 bits per heavy atom. The molecule has 0 aliphatic rings. The molecule has 6 nitrogen and oxygen atoms in total. The van der Waals surface area contributed by atoms with Gasteiger partial charge in [-0.3, -0.25) is 9.59 Å². The number of rotatable bonds is 5. The van der Waals surface area contributed by atoms with E-state index < -0.39 is 0 Å². The molecule has 0 radical (unpaired) electrons. The minimum Gasteiger partial charge on any atom is -0.333 e. The molecule has 0 fully saturated rings. The zero-order valence-electron chi connectivity index (χ0n) is 13.2. The van der Waals surface area contributed by atoms with Crippen LogP contribution in [0.1, 0.15) is 26.6 Å². The highest BCUT2D eigenvalue weighted by Gasteiger charge is 2.23. The monoisotopic (exact) mass is 302 g/mol. The average molecular weight is 302 g/mol. The van der Waals surface area contributed by atoms with E-state index in [4.69, 9.17) is 5.73 Å². The Labute approximate surface area is 129 Å². The van der Waals surface area contributed by atoms with Crippen molar-refractivity contribution in [3.8, 4) is 0 Å². The van der Waals surface area contributed by atoms with Crippen LogP contribution in [-0.4, -0.2) is 33.4 Å². The number of fused-ring (bicyclic) bond motifs is 1. The fraction of sp³-hybridized carbons (Fsp3) is 0.438. The van der Waals surface area contributed by atoms with Gasteiger partial charge in [-0.2, -0.15) is 0 Å². The number of carbonyl (C=O) groups excluding carboxylic acids is 1. The largest absolute Gasteiger partial charge is 0.333 e. The normalized spacial score (nSPS) is 12.6. The lowest BCUT2D eigenvalue weighted by Gasteiger charge is -2.28. The van der Waals surface area contributed by atoms with E-state index in [9.17, 15) is 9.59 Å². The van der Waals surface area contributed by atoms with Crippen molar-refractivity contribution in [1.82, 2.24) is 14.9 Å². The highest BCUT2D eigenvalue weighted by molar-refractivity contribution is 5.79. The summed E-state index contributed by atoms with van der Waals surface area (Å²) >= 11 is 0. The molecule has 3 N–H and O–H groups in total. The number of amides is 1. The number of hydrogen-bond acceptors (Lipinski definition) is 4. The number of H-pyrrole nitrogens is 1. The summed E-state index contributed by atoms with van der Waals surface area (Å²) in [6.07, 6.45) is 0. The molecule has 22 heavy (non-hydrogen) atoms. The van der Waals surface area contributed by atoms with Gasteiger partial charge in [0.15, 0.2) is 0 Å². The maximum atomic E-state index is 12.4. The molecule has 1 unspecified atom stereocenters. The summed E-state index contributed by atoms with van der Waals surface area (Å²) in [6, 6.07) is 7.15. The number of nitrogens with one attached hydrogen (secondary N) is 1. The fourth-order valence-electron chi connectivity index (χ4n) is 2.27. The average Bonchev–Trinajstić information content (AvgIpc) is 2.51. The first kappa shape index (κ1) is 16.2. The summed E-state index contributed by atoms with van der Waals surface area (Å²) in [7, 11) is 0. The molecule has 2 rings (SSSR count). The van der Waals surface area contributed by atoms with Gasteiger partial charge in [-0.05, 0) is 26.0 Å². The fourth-order valence-corrected chi connectivity index (χ4v) is 2.27. The Balaban J connectivity index is 2.35. The van der Waals surface area contributed by atoms with Crippen LogP contribution in [0.25, 0.3) is 10.9 Å². The van der Waals surface area contributed by atoms with Crippen LogP contribution in [0.15, 0.2) is 29.1 Å². The number of hydrogen-bond donors (Lipinski definition) is 2. The Morgan fingerprint density at radius 2 is 2.00 bits per heavy atom. The molecule has 0 aliphatic carbocycles. The van der Waals surface area contributed by atoms with Gasteiger partial charge in [-0.1, -0.05) is 19.1 Å². The van der Waals surface area contributed by atoms with Crippen molar-refractivity contribution in [1.29, 1.82) is 0 Å². The van der Waals surface area contributed by atoms with E-state index in [2.05, 4.69) is 9.97 Å². The second kappa shape index (κ2) is 6.70. The summed E-state index contributed by atoms with van der Waals surface area (Å²) in [5.41, 5.74) is 6.02. The second-order valence-electron chi connectivity index (χ2n) is 5.73. The van der Waals surface area contributed by atoms with E-state index in [-0.39, 0.29) is 30.0 Å². The summed E-state index contributed by atoms with van der Waals surface area (Å²) in [6.45, 7) is 6.22. The zero-order chi connectivity index (χ0) is 16.3. The molecule has 0 saturated heterocycles. The van der Waals surface area contributed by atoms with Crippen LogP contribution in [0.3, 0.4) is 0 Å². The minimum atomic E-state index is -0.255. The molecule has 1 atom stereocenters. The van der Waals surface area contributed by atoms with Crippen molar-refractivity contribution >= 4 is 16.8 Å². The number of aromatic amines is 1. The van der Waals surface area contributed by atoms with Gasteiger partial charge in [0, 0.05) is 18.5 Å². The van der Waals surface area contributed by atoms with Gasteiger partial charge in [0.05, 0.1) is 17.4 Å². The van der Waals surface area contributed by atoms with Crippen LogP contribution in [0.2, 0.25) is 0 Å². The smallest absolute Gasteiger partial charge is 0.258 e. The van der Waals surface area contributed by atoms with E-state index in [0.29, 0.717) is 23.3 Å². The van der Waals surface area contributed by atoms with E-state index in [0.717, 1.165) is 0 Å². The number of nitrogens with two attached hydrogens (primary N) is 1. The molecule has 0 bridgehead atoms. The molecule has 0 aliphatic heterocycles. The number of para-hydroxylation sites is 1. The van der Waals surface area contributed by atoms with E-state index in [1.165, 1.54) is 0 Å². The molecule has 1 heterocycles. The lowest BCUT2D eigenvalue weighted by molar-refractivity contribution is -0.137. The molecule has 2 aromatic rings. The Hall–Kier alpha value is -2.21. The summed E-state index contributed by atoms with van der Waals surface area (Å²) < 4.78 is 0. The third kappa shape index (κ3) is 3.33. The number of nitrogens with zero attached hydrogens (tertiary/aromatic N) is 2. The molecule has 1 aromatic heterocycles. The van der Waals surface area contributed by atoms with Crippen LogP contribution in [0.4, 0.5) is 0 Å². The first-order valence-corrected chi connectivity index (χ1v) is 7.42. The van der Waals surface area contributed by atoms with Crippen molar-refractivity contribution in [3.63, 3.8) is 0 Å².